The summed E-state index contributed by atoms with van der Waals surface area (Å²) in [5.41, 5.74) is 2.04. The van der Waals surface area contributed by atoms with Crippen molar-refractivity contribution in [3.05, 3.63) is 48.0 Å². The fourth-order valence-corrected chi connectivity index (χ4v) is 1.82. The number of carbonyl (C=O) groups is 2. The topological polar surface area (TPSA) is 52.6 Å². The van der Waals surface area contributed by atoms with E-state index in [0.717, 1.165) is 24.0 Å². The zero-order valence-corrected chi connectivity index (χ0v) is 11.9. The second kappa shape index (κ2) is 8.15. The van der Waals surface area contributed by atoms with Crippen molar-refractivity contribution in [3.8, 4) is 0 Å². The Kier molecular flexibility index (Phi) is 6.50. The molecule has 1 aromatic rings. The number of aryl methyl sites for hydroxylation is 1. The van der Waals surface area contributed by atoms with Gasteiger partial charge in [0.15, 0.2) is 0 Å². The van der Waals surface area contributed by atoms with Gasteiger partial charge in [0.1, 0.15) is 0 Å². The first kappa shape index (κ1) is 16.0. The van der Waals surface area contributed by atoms with Crippen LogP contribution < -0.4 is 0 Å². The van der Waals surface area contributed by atoms with Crippen molar-refractivity contribution in [1.82, 2.24) is 0 Å². The maximum absolute atomic E-state index is 11.7. The van der Waals surface area contributed by atoms with Crippen molar-refractivity contribution in [2.45, 2.75) is 39.4 Å². The molecule has 4 nitrogen and oxygen atoms in total. The minimum atomic E-state index is -0.857. The Morgan fingerprint density at radius 3 is 2.65 bits per heavy atom. The molecule has 1 unspecified atom stereocenters. The van der Waals surface area contributed by atoms with Gasteiger partial charge in [0.2, 0.25) is 6.29 Å². The molecule has 108 valence electrons. The van der Waals surface area contributed by atoms with Crippen LogP contribution in [0.15, 0.2) is 36.9 Å². The van der Waals surface area contributed by atoms with E-state index in [0.29, 0.717) is 0 Å². The molecule has 0 aliphatic carbocycles. The molecule has 0 heterocycles. The molecule has 0 radical (unpaired) electrons. The summed E-state index contributed by atoms with van der Waals surface area (Å²) in [5.74, 6) is -0.892. The van der Waals surface area contributed by atoms with E-state index >= 15 is 0 Å². The van der Waals surface area contributed by atoms with E-state index < -0.39 is 18.2 Å². The van der Waals surface area contributed by atoms with Gasteiger partial charge in [-0.3, -0.25) is 9.59 Å². The molecule has 0 fully saturated rings. The summed E-state index contributed by atoms with van der Waals surface area (Å²) >= 11 is 0. The molecule has 4 heteroatoms. The number of ether oxygens (including phenoxy) is 2. The van der Waals surface area contributed by atoms with Gasteiger partial charge in [-0.05, 0) is 24.0 Å². The molecule has 1 aromatic carbocycles. The summed E-state index contributed by atoms with van der Waals surface area (Å²) in [6, 6.07) is 7.77. The number of hydrogen-bond donors (Lipinski definition) is 0. The van der Waals surface area contributed by atoms with Crippen LogP contribution in [0.3, 0.4) is 0 Å². The number of esters is 2. The average Bonchev–Trinajstić information content (AvgIpc) is 2.35. The highest BCUT2D eigenvalue weighted by Crippen LogP contribution is 2.10. The summed E-state index contributed by atoms with van der Waals surface area (Å²) in [7, 11) is 0. The maximum Gasteiger partial charge on any atom is 0.313 e. The van der Waals surface area contributed by atoms with Crippen LogP contribution in [0.2, 0.25) is 0 Å². The monoisotopic (exact) mass is 276 g/mol. The fourth-order valence-electron chi connectivity index (χ4n) is 1.82. The minimum absolute atomic E-state index is 0.160. The Balaban J connectivity index is 2.52. The van der Waals surface area contributed by atoms with Gasteiger partial charge in [-0.1, -0.05) is 30.3 Å². The van der Waals surface area contributed by atoms with E-state index in [-0.39, 0.29) is 6.42 Å². The third-order valence-electron chi connectivity index (χ3n) is 2.61. The molecule has 0 bridgehead atoms. The normalized spacial score (nSPS) is 11.5. The zero-order valence-electron chi connectivity index (χ0n) is 11.9. The molecule has 0 saturated heterocycles. The van der Waals surface area contributed by atoms with E-state index in [9.17, 15) is 9.59 Å². The maximum atomic E-state index is 11.7. The van der Waals surface area contributed by atoms with Gasteiger partial charge in [-0.15, -0.1) is 6.58 Å². The summed E-state index contributed by atoms with van der Waals surface area (Å²) in [6.07, 6.45) is 2.96. The lowest BCUT2D eigenvalue weighted by molar-refractivity contribution is -0.182. The largest absolute Gasteiger partial charge is 0.426 e. The minimum Gasteiger partial charge on any atom is -0.426 e. The lowest BCUT2D eigenvalue weighted by Gasteiger charge is -2.13. The van der Waals surface area contributed by atoms with Crippen molar-refractivity contribution in [1.29, 1.82) is 0 Å². The van der Waals surface area contributed by atoms with Gasteiger partial charge in [-0.2, -0.15) is 0 Å². The predicted molar refractivity (Wildman–Crippen MR) is 76.0 cm³/mol. The number of rotatable bonds is 7. The average molecular weight is 276 g/mol. The number of benzene rings is 1. The quantitative estimate of drug-likeness (QED) is 0.436. The van der Waals surface area contributed by atoms with E-state index in [2.05, 4.69) is 6.58 Å². The Labute approximate surface area is 119 Å². The third kappa shape index (κ3) is 6.18. The van der Waals surface area contributed by atoms with Crippen LogP contribution in [0.4, 0.5) is 0 Å². The second-order valence-electron chi connectivity index (χ2n) is 4.49. The zero-order chi connectivity index (χ0) is 15.0. The standard InChI is InChI=1S/C16H20O4/c1-4-5-7-14-8-6-9-15(10-14)11-16(18)20-13(3)19-12(2)17/h4,6,8-10,13H,1,5,7,11H2,2-3H3. The Morgan fingerprint density at radius 2 is 2.00 bits per heavy atom. The van der Waals surface area contributed by atoms with Gasteiger partial charge in [0.05, 0.1) is 6.42 Å². The first-order chi connectivity index (χ1) is 9.51. The molecule has 0 aromatic heterocycles. The molecule has 0 saturated carbocycles. The predicted octanol–water partition coefficient (Wildman–Crippen LogP) is 2.80. The molecule has 1 rings (SSSR count). The molecule has 0 aliphatic heterocycles. The van der Waals surface area contributed by atoms with E-state index in [4.69, 9.17) is 9.47 Å². The van der Waals surface area contributed by atoms with Crippen LogP contribution in [0.5, 0.6) is 0 Å². The van der Waals surface area contributed by atoms with Gasteiger partial charge in [0, 0.05) is 13.8 Å². The lowest BCUT2D eigenvalue weighted by atomic mass is 10.0. The van der Waals surface area contributed by atoms with Gasteiger partial charge < -0.3 is 9.47 Å². The van der Waals surface area contributed by atoms with Crippen molar-refractivity contribution < 1.29 is 19.1 Å². The Bertz CT molecular complexity index is 479. The fraction of sp³-hybridized carbons (Fsp3) is 0.375. The highest BCUT2D eigenvalue weighted by molar-refractivity contribution is 5.73. The molecule has 0 aliphatic rings. The summed E-state index contributed by atoms with van der Waals surface area (Å²) < 4.78 is 9.73. The summed E-state index contributed by atoms with van der Waals surface area (Å²) in [6.45, 7) is 6.47. The van der Waals surface area contributed by atoms with Crippen molar-refractivity contribution in [2.24, 2.45) is 0 Å². The summed E-state index contributed by atoms with van der Waals surface area (Å²) in [4.78, 5) is 22.4. The number of allylic oxidation sites excluding steroid dienone is 1. The van der Waals surface area contributed by atoms with E-state index in [1.807, 2.05) is 30.3 Å². The van der Waals surface area contributed by atoms with Crippen LogP contribution in [0, 0.1) is 0 Å². The van der Waals surface area contributed by atoms with Crippen LogP contribution in [0.25, 0.3) is 0 Å². The van der Waals surface area contributed by atoms with Crippen LogP contribution in [-0.4, -0.2) is 18.2 Å². The third-order valence-corrected chi connectivity index (χ3v) is 2.61. The summed E-state index contributed by atoms with van der Waals surface area (Å²) in [5, 5.41) is 0. The molecule has 0 spiro atoms. The first-order valence-electron chi connectivity index (χ1n) is 6.56. The molecular weight excluding hydrogens is 256 g/mol. The van der Waals surface area contributed by atoms with E-state index in [1.165, 1.54) is 13.8 Å². The molecular formula is C16H20O4. The molecule has 0 N–H and O–H groups in total. The first-order valence-corrected chi connectivity index (χ1v) is 6.56. The van der Waals surface area contributed by atoms with Crippen molar-refractivity contribution in [2.75, 3.05) is 0 Å². The van der Waals surface area contributed by atoms with Crippen LogP contribution in [-0.2, 0) is 31.9 Å². The number of carbonyl (C=O) groups excluding carboxylic acids is 2. The van der Waals surface area contributed by atoms with Crippen molar-refractivity contribution in [3.63, 3.8) is 0 Å². The highest BCUT2D eigenvalue weighted by atomic mass is 16.7. The van der Waals surface area contributed by atoms with Crippen LogP contribution >= 0.6 is 0 Å². The van der Waals surface area contributed by atoms with Gasteiger partial charge in [-0.25, -0.2) is 0 Å². The number of hydrogen-bond acceptors (Lipinski definition) is 4. The van der Waals surface area contributed by atoms with Gasteiger partial charge >= 0.3 is 11.9 Å². The molecule has 0 amide bonds. The lowest BCUT2D eigenvalue weighted by Crippen LogP contribution is -2.21. The van der Waals surface area contributed by atoms with Crippen molar-refractivity contribution >= 4 is 11.9 Å². The highest BCUT2D eigenvalue weighted by Gasteiger charge is 2.12. The Hall–Kier alpha value is -2.10. The van der Waals surface area contributed by atoms with Crippen LogP contribution in [0.1, 0.15) is 31.4 Å². The molecule has 1 atom stereocenters. The Morgan fingerprint density at radius 1 is 1.30 bits per heavy atom. The SMILES string of the molecule is C=CCCc1cccc(CC(=O)OC(C)OC(C)=O)c1. The second-order valence-corrected chi connectivity index (χ2v) is 4.49. The molecule has 20 heavy (non-hydrogen) atoms. The van der Waals surface area contributed by atoms with E-state index in [1.54, 1.807) is 0 Å². The van der Waals surface area contributed by atoms with Gasteiger partial charge in [0.25, 0.3) is 0 Å². The smallest absolute Gasteiger partial charge is 0.313 e.